The molecular weight excluding hydrogens is 244 g/mol. The summed E-state index contributed by atoms with van der Waals surface area (Å²) >= 11 is 0. The van der Waals surface area contributed by atoms with Crippen molar-refractivity contribution < 1.29 is 18.3 Å². The van der Waals surface area contributed by atoms with Gasteiger partial charge in [0, 0.05) is 11.1 Å². The summed E-state index contributed by atoms with van der Waals surface area (Å²) in [4.78, 5) is 14.7. The lowest BCUT2D eigenvalue weighted by Crippen LogP contribution is -2.22. The van der Waals surface area contributed by atoms with E-state index >= 15 is 0 Å². The Labute approximate surface area is 99.5 Å². The minimum absolute atomic E-state index is 0.392. The molecule has 1 aromatic rings. The van der Waals surface area contributed by atoms with E-state index < -0.39 is 32.0 Å². The van der Waals surface area contributed by atoms with Crippen LogP contribution in [0.1, 0.15) is 36.8 Å². The van der Waals surface area contributed by atoms with Crippen LogP contribution in [0.25, 0.3) is 0 Å². The fourth-order valence-corrected chi connectivity index (χ4v) is 1.93. The fraction of sp³-hybridized carbons (Fsp3) is 0.400. The average Bonchev–Trinajstić information content (AvgIpc) is 2.14. The van der Waals surface area contributed by atoms with E-state index in [-0.39, 0.29) is 0 Å². The summed E-state index contributed by atoms with van der Waals surface area (Å²) in [7, 11) is -4.15. The highest BCUT2D eigenvalue weighted by molar-refractivity contribution is 7.89. The molecule has 0 aliphatic heterocycles. The summed E-state index contributed by atoms with van der Waals surface area (Å²) in [6, 6.07) is 2.69. The lowest BCUT2D eigenvalue weighted by atomic mass is 9.91. The number of sulfonamides is 1. The zero-order valence-corrected chi connectivity index (χ0v) is 10.6. The topological polar surface area (TPSA) is 110 Å². The Morgan fingerprint density at radius 1 is 1.35 bits per heavy atom. The molecule has 0 spiro atoms. The van der Waals surface area contributed by atoms with Crippen LogP contribution in [-0.4, -0.2) is 24.5 Å². The molecule has 0 aliphatic carbocycles. The first-order valence-corrected chi connectivity index (χ1v) is 6.36. The van der Waals surface area contributed by atoms with E-state index in [0.29, 0.717) is 5.69 Å². The van der Waals surface area contributed by atoms with Gasteiger partial charge in [-0.25, -0.2) is 23.3 Å². The van der Waals surface area contributed by atoms with Crippen molar-refractivity contribution >= 4 is 16.0 Å². The molecule has 3 N–H and O–H groups in total. The molecule has 0 saturated carbocycles. The fourth-order valence-electron chi connectivity index (χ4n) is 1.24. The normalized spacial score (nSPS) is 12.5. The molecule has 0 bridgehead atoms. The molecule has 0 amide bonds. The van der Waals surface area contributed by atoms with Crippen molar-refractivity contribution in [2.24, 2.45) is 5.14 Å². The highest BCUT2D eigenvalue weighted by Crippen LogP contribution is 2.23. The first-order valence-electron chi connectivity index (χ1n) is 4.81. The number of hydrogen-bond acceptors (Lipinski definition) is 4. The van der Waals surface area contributed by atoms with Crippen molar-refractivity contribution in [2.75, 3.05) is 0 Å². The van der Waals surface area contributed by atoms with Crippen LogP contribution in [0.4, 0.5) is 0 Å². The van der Waals surface area contributed by atoms with E-state index in [4.69, 9.17) is 10.2 Å². The second kappa shape index (κ2) is 4.08. The standard InChI is InChI=1S/C10H14N2O4S/c1-10(2,3)7-5-4-6(9(13)14)8(12-7)17(11,15)16/h4-5H,1-3H3,(H,13,14)(H2,11,15,16). The molecule has 0 atom stereocenters. The number of nitrogens with zero attached hydrogens (tertiary/aromatic N) is 1. The molecule has 0 radical (unpaired) electrons. The Hall–Kier alpha value is -1.47. The molecule has 6 nitrogen and oxygen atoms in total. The monoisotopic (exact) mass is 258 g/mol. The van der Waals surface area contributed by atoms with Crippen LogP contribution in [0.2, 0.25) is 0 Å². The van der Waals surface area contributed by atoms with E-state index in [0.717, 1.165) is 0 Å². The van der Waals surface area contributed by atoms with Gasteiger partial charge >= 0.3 is 5.97 Å². The zero-order valence-electron chi connectivity index (χ0n) is 9.76. The number of rotatable bonds is 2. The number of primary sulfonamides is 1. The summed E-state index contributed by atoms with van der Waals surface area (Å²) < 4.78 is 22.6. The third-order valence-corrected chi connectivity index (χ3v) is 2.98. The van der Waals surface area contributed by atoms with Crippen molar-refractivity contribution in [2.45, 2.75) is 31.2 Å². The number of aromatic carboxylic acids is 1. The molecule has 1 aromatic heterocycles. The number of pyridine rings is 1. The Morgan fingerprint density at radius 3 is 2.24 bits per heavy atom. The predicted molar refractivity (Wildman–Crippen MR) is 61.3 cm³/mol. The van der Waals surface area contributed by atoms with Crippen molar-refractivity contribution in [3.8, 4) is 0 Å². The molecule has 0 aliphatic rings. The number of hydrogen-bond donors (Lipinski definition) is 2. The van der Waals surface area contributed by atoms with Crippen molar-refractivity contribution in [1.82, 2.24) is 4.98 Å². The summed E-state index contributed by atoms with van der Waals surface area (Å²) in [5.41, 5.74) is -0.344. The Balaban J connectivity index is 3.57. The zero-order chi connectivity index (χ0) is 13.4. The quantitative estimate of drug-likeness (QED) is 0.812. The lowest BCUT2D eigenvalue weighted by molar-refractivity contribution is 0.0691. The largest absolute Gasteiger partial charge is 0.478 e. The van der Waals surface area contributed by atoms with Gasteiger partial charge in [0.1, 0.15) is 0 Å². The molecule has 0 unspecified atom stereocenters. The smallest absolute Gasteiger partial charge is 0.338 e. The molecule has 0 fully saturated rings. The van der Waals surface area contributed by atoms with Gasteiger partial charge in [0.15, 0.2) is 5.03 Å². The minimum Gasteiger partial charge on any atom is -0.478 e. The van der Waals surface area contributed by atoms with Gasteiger partial charge in [0.05, 0.1) is 5.56 Å². The van der Waals surface area contributed by atoms with Gasteiger partial charge < -0.3 is 5.11 Å². The van der Waals surface area contributed by atoms with Crippen LogP contribution in [0.3, 0.4) is 0 Å². The Morgan fingerprint density at radius 2 is 1.88 bits per heavy atom. The first kappa shape index (κ1) is 13.6. The van der Waals surface area contributed by atoms with Gasteiger partial charge in [-0.15, -0.1) is 0 Å². The minimum atomic E-state index is -4.15. The van der Waals surface area contributed by atoms with E-state index in [1.54, 1.807) is 0 Å². The molecule has 7 heteroatoms. The molecule has 17 heavy (non-hydrogen) atoms. The van der Waals surface area contributed by atoms with Crippen LogP contribution in [0, 0.1) is 0 Å². The van der Waals surface area contributed by atoms with Crippen LogP contribution in [-0.2, 0) is 15.4 Å². The number of carbonyl (C=O) groups is 1. The predicted octanol–water partition coefficient (Wildman–Crippen LogP) is 0.725. The second-order valence-corrected chi connectivity index (χ2v) is 6.13. The maximum Gasteiger partial charge on any atom is 0.338 e. The van der Waals surface area contributed by atoms with Crippen LogP contribution >= 0.6 is 0 Å². The number of carboxylic acids is 1. The van der Waals surface area contributed by atoms with Crippen LogP contribution in [0.5, 0.6) is 0 Å². The maximum atomic E-state index is 11.3. The Kier molecular flexibility index (Phi) is 3.26. The van der Waals surface area contributed by atoms with Gasteiger partial charge in [-0.3, -0.25) is 0 Å². The first-order chi connectivity index (χ1) is 7.53. The second-order valence-electron chi connectivity index (χ2n) is 4.65. The average molecular weight is 258 g/mol. The molecule has 1 heterocycles. The van der Waals surface area contributed by atoms with E-state index in [9.17, 15) is 13.2 Å². The number of aromatic nitrogens is 1. The van der Waals surface area contributed by atoms with Gasteiger partial charge in [-0.05, 0) is 12.1 Å². The lowest BCUT2D eigenvalue weighted by Gasteiger charge is -2.18. The van der Waals surface area contributed by atoms with Gasteiger partial charge in [0.25, 0.3) is 10.0 Å². The summed E-state index contributed by atoms with van der Waals surface area (Å²) in [6.45, 7) is 5.51. The van der Waals surface area contributed by atoms with Gasteiger partial charge in [-0.2, -0.15) is 0 Å². The Bertz CT molecular complexity index is 558. The summed E-state index contributed by atoms with van der Waals surface area (Å²) in [5, 5.41) is 13.2. The van der Waals surface area contributed by atoms with Gasteiger partial charge in [0.2, 0.25) is 0 Å². The van der Waals surface area contributed by atoms with Crippen molar-refractivity contribution in [1.29, 1.82) is 0 Å². The highest BCUT2D eigenvalue weighted by atomic mass is 32.2. The molecule has 0 saturated heterocycles. The third-order valence-electron chi connectivity index (χ3n) is 2.13. The van der Waals surface area contributed by atoms with E-state index in [1.807, 2.05) is 20.8 Å². The molecular formula is C10H14N2O4S. The summed E-state index contributed by atoms with van der Waals surface area (Å²) in [5.74, 6) is -1.37. The SMILES string of the molecule is CC(C)(C)c1ccc(C(=O)O)c(S(N)(=O)=O)n1. The van der Waals surface area contributed by atoms with Crippen LogP contribution < -0.4 is 5.14 Å². The van der Waals surface area contributed by atoms with Crippen molar-refractivity contribution in [3.63, 3.8) is 0 Å². The molecule has 94 valence electrons. The van der Waals surface area contributed by atoms with E-state index in [2.05, 4.69) is 4.98 Å². The molecule has 1 rings (SSSR count). The molecule has 0 aromatic carbocycles. The van der Waals surface area contributed by atoms with Crippen LogP contribution in [0.15, 0.2) is 17.2 Å². The van der Waals surface area contributed by atoms with Gasteiger partial charge in [-0.1, -0.05) is 20.8 Å². The number of carboxylic acid groups (broad SMARTS) is 1. The van der Waals surface area contributed by atoms with Crippen molar-refractivity contribution in [3.05, 3.63) is 23.4 Å². The maximum absolute atomic E-state index is 11.3. The highest BCUT2D eigenvalue weighted by Gasteiger charge is 2.24. The van der Waals surface area contributed by atoms with E-state index in [1.165, 1.54) is 12.1 Å². The summed E-state index contributed by atoms with van der Waals surface area (Å²) in [6.07, 6.45) is 0. The number of nitrogens with two attached hydrogens (primary N) is 1. The third kappa shape index (κ3) is 3.01.